The fourth-order valence-electron chi connectivity index (χ4n) is 1.54. The summed E-state index contributed by atoms with van der Waals surface area (Å²) in [5.74, 6) is 2.16. The first kappa shape index (κ1) is 9.33. The van der Waals surface area contributed by atoms with Gasteiger partial charge in [0.1, 0.15) is 11.6 Å². The Labute approximate surface area is 82.7 Å². The van der Waals surface area contributed by atoms with Gasteiger partial charge in [0.05, 0.1) is 6.61 Å². The van der Waals surface area contributed by atoms with E-state index >= 15 is 0 Å². The zero-order valence-corrected chi connectivity index (χ0v) is 8.23. The quantitative estimate of drug-likeness (QED) is 0.743. The maximum Gasteiger partial charge on any atom is 0.223 e. The molecule has 2 rings (SSSR count). The number of nitrogens with zero attached hydrogens (tertiary/aromatic N) is 3. The lowest BCUT2D eigenvalue weighted by Crippen LogP contribution is -2.10. The van der Waals surface area contributed by atoms with Crippen LogP contribution < -0.4 is 5.73 Å². The van der Waals surface area contributed by atoms with Gasteiger partial charge in [-0.25, -0.2) is 4.98 Å². The zero-order chi connectivity index (χ0) is 9.97. The second-order valence-electron chi connectivity index (χ2n) is 3.38. The third-order valence-electron chi connectivity index (χ3n) is 2.33. The summed E-state index contributed by atoms with van der Waals surface area (Å²) >= 11 is 0. The van der Waals surface area contributed by atoms with Gasteiger partial charge in [0.2, 0.25) is 5.95 Å². The number of ether oxygens (including phenoxy) is 1. The van der Waals surface area contributed by atoms with Gasteiger partial charge in [0.25, 0.3) is 0 Å². The van der Waals surface area contributed by atoms with Crippen LogP contribution in [-0.2, 0) is 11.2 Å². The number of nitrogen functional groups attached to an aromatic ring is 1. The highest BCUT2D eigenvalue weighted by molar-refractivity contribution is 5.17. The van der Waals surface area contributed by atoms with Crippen LogP contribution in [0.25, 0.3) is 0 Å². The Kier molecular flexibility index (Phi) is 2.58. The summed E-state index contributed by atoms with van der Waals surface area (Å²) in [5, 5.41) is 0. The molecule has 0 radical (unpaired) electrons. The van der Waals surface area contributed by atoms with Gasteiger partial charge in [0.15, 0.2) is 0 Å². The number of rotatable bonds is 2. The van der Waals surface area contributed by atoms with Crippen LogP contribution in [0.3, 0.4) is 0 Å². The summed E-state index contributed by atoms with van der Waals surface area (Å²) in [4.78, 5) is 12.5. The molecule has 1 aliphatic heterocycles. The van der Waals surface area contributed by atoms with Crippen molar-refractivity contribution in [2.45, 2.75) is 25.7 Å². The van der Waals surface area contributed by atoms with Gasteiger partial charge < -0.3 is 10.5 Å². The number of aromatic nitrogens is 3. The standard InChI is InChI=1S/C9H14N4O/c1-2-7-11-8(13-9(10)12-7)6-3-4-14-5-6/h6H,2-5H2,1H3,(H2,10,11,12,13). The largest absolute Gasteiger partial charge is 0.381 e. The van der Waals surface area contributed by atoms with Crippen molar-refractivity contribution in [1.82, 2.24) is 15.0 Å². The third kappa shape index (κ3) is 1.82. The predicted molar refractivity (Wildman–Crippen MR) is 51.8 cm³/mol. The van der Waals surface area contributed by atoms with Gasteiger partial charge >= 0.3 is 0 Å². The predicted octanol–water partition coefficient (Wildman–Crippen LogP) is 0.520. The highest BCUT2D eigenvalue weighted by Crippen LogP contribution is 2.22. The Morgan fingerprint density at radius 3 is 2.93 bits per heavy atom. The minimum Gasteiger partial charge on any atom is -0.381 e. The Hall–Kier alpha value is -1.23. The SMILES string of the molecule is CCc1nc(N)nc(C2CCOC2)n1. The topological polar surface area (TPSA) is 73.9 Å². The van der Waals surface area contributed by atoms with Crippen molar-refractivity contribution in [3.05, 3.63) is 11.6 Å². The van der Waals surface area contributed by atoms with Crippen LogP contribution in [0, 0.1) is 0 Å². The van der Waals surface area contributed by atoms with Crippen molar-refractivity contribution >= 4 is 5.95 Å². The van der Waals surface area contributed by atoms with Crippen LogP contribution in [-0.4, -0.2) is 28.2 Å². The van der Waals surface area contributed by atoms with Crippen molar-refractivity contribution < 1.29 is 4.74 Å². The highest BCUT2D eigenvalue weighted by Gasteiger charge is 2.21. The van der Waals surface area contributed by atoms with E-state index in [-0.39, 0.29) is 0 Å². The molecule has 0 aliphatic carbocycles. The summed E-state index contributed by atoms with van der Waals surface area (Å²) in [6.45, 7) is 3.49. The molecule has 76 valence electrons. The van der Waals surface area contributed by atoms with Gasteiger partial charge in [-0.1, -0.05) is 6.92 Å². The van der Waals surface area contributed by atoms with E-state index in [1.165, 1.54) is 0 Å². The smallest absolute Gasteiger partial charge is 0.223 e. The lowest BCUT2D eigenvalue weighted by molar-refractivity contribution is 0.193. The number of hydrogen-bond donors (Lipinski definition) is 1. The van der Waals surface area contributed by atoms with E-state index in [4.69, 9.17) is 10.5 Å². The first-order chi connectivity index (χ1) is 6.79. The molecule has 1 aromatic heterocycles. The first-order valence-electron chi connectivity index (χ1n) is 4.87. The maximum absolute atomic E-state index is 5.60. The van der Waals surface area contributed by atoms with Crippen LogP contribution in [0.4, 0.5) is 5.95 Å². The molecule has 5 nitrogen and oxygen atoms in total. The van der Waals surface area contributed by atoms with Crippen molar-refractivity contribution in [2.24, 2.45) is 0 Å². The molecule has 1 unspecified atom stereocenters. The molecule has 0 saturated carbocycles. The van der Waals surface area contributed by atoms with Crippen LogP contribution in [0.15, 0.2) is 0 Å². The normalized spacial score (nSPS) is 21.4. The monoisotopic (exact) mass is 194 g/mol. The highest BCUT2D eigenvalue weighted by atomic mass is 16.5. The molecule has 1 fully saturated rings. The molecule has 0 aromatic carbocycles. The second kappa shape index (κ2) is 3.88. The van der Waals surface area contributed by atoms with E-state index < -0.39 is 0 Å². The summed E-state index contributed by atoms with van der Waals surface area (Å²) < 4.78 is 5.28. The van der Waals surface area contributed by atoms with Crippen LogP contribution in [0.2, 0.25) is 0 Å². The van der Waals surface area contributed by atoms with E-state index in [0.717, 1.165) is 31.1 Å². The zero-order valence-electron chi connectivity index (χ0n) is 8.23. The van der Waals surface area contributed by atoms with Gasteiger partial charge in [0, 0.05) is 18.9 Å². The summed E-state index contributed by atoms with van der Waals surface area (Å²) in [5.41, 5.74) is 5.60. The van der Waals surface area contributed by atoms with Crippen LogP contribution in [0.1, 0.15) is 30.9 Å². The number of nitrogens with two attached hydrogens (primary N) is 1. The first-order valence-corrected chi connectivity index (χ1v) is 4.87. The lowest BCUT2D eigenvalue weighted by atomic mass is 10.1. The average Bonchev–Trinajstić information content (AvgIpc) is 2.69. The molecular weight excluding hydrogens is 180 g/mol. The molecule has 1 saturated heterocycles. The Balaban J connectivity index is 2.27. The van der Waals surface area contributed by atoms with Crippen LogP contribution in [0.5, 0.6) is 0 Å². The molecule has 1 atom stereocenters. The molecule has 1 aromatic rings. The minimum absolute atomic E-state index is 0.297. The van der Waals surface area contributed by atoms with Crippen molar-refractivity contribution in [3.8, 4) is 0 Å². The van der Waals surface area contributed by atoms with Crippen molar-refractivity contribution in [2.75, 3.05) is 18.9 Å². The van der Waals surface area contributed by atoms with E-state index in [1.807, 2.05) is 6.92 Å². The molecule has 5 heteroatoms. The summed E-state index contributed by atoms with van der Waals surface area (Å²) in [6.07, 6.45) is 1.76. The molecule has 2 heterocycles. The van der Waals surface area contributed by atoms with E-state index in [2.05, 4.69) is 15.0 Å². The molecule has 0 bridgehead atoms. The molecule has 1 aliphatic rings. The molecule has 0 spiro atoms. The van der Waals surface area contributed by atoms with E-state index in [0.29, 0.717) is 18.5 Å². The van der Waals surface area contributed by atoms with Crippen LogP contribution >= 0.6 is 0 Å². The van der Waals surface area contributed by atoms with Crippen molar-refractivity contribution in [3.63, 3.8) is 0 Å². The van der Waals surface area contributed by atoms with Gasteiger partial charge in [-0.3, -0.25) is 0 Å². The lowest BCUT2D eigenvalue weighted by Gasteiger charge is -2.07. The fourth-order valence-corrected chi connectivity index (χ4v) is 1.54. The van der Waals surface area contributed by atoms with Gasteiger partial charge in [-0.05, 0) is 6.42 Å². The third-order valence-corrected chi connectivity index (χ3v) is 2.33. The fraction of sp³-hybridized carbons (Fsp3) is 0.667. The summed E-state index contributed by atoms with van der Waals surface area (Å²) in [7, 11) is 0. The van der Waals surface area contributed by atoms with E-state index in [1.54, 1.807) is 0 Å². The summed E-state index contributed by atoms with van der Waals surface area (Å²) in [6, 6.07) is 0. The molecule has 14 heavy (non-hydrogen) atoms. The second-order valence-corrected chi connectivity index (χ2v) is 3.38. The molecular formula is C9H14N4O. The maximum atomic E-state index is 5.60. The number of hydrogen-bond acceptors (Lipinski definition) is 5. The Bertz CT molecular complexity index is 323. The number of anilines is 1. The minimum atomic E-state index is 0.297. The molecule has 2 N–H and O–H groups in total. The average molecular weight is 194 g/mol. The Morgan fingerprint density at radius 1 is 1.43 bits per heavy atom. The Morgan fingerprint density at radius 2 is 2.29 bits per heavy atom. The van der Waals surface area contributed by atoms with Crippen molar-refractivity contribution in [1.29, 1.82) is 0 Å². The number of aryl methyl sites for hydroxylation is 1. The van der Waals surface area contributed by atoms with E-state index in [9.17, 15) is 0 Å². The molecule has 0 amide bonds. The van der Waals surface area contributed by atoms with Gasteiger partial charge in [-0.2, -0.15) is 9.97 Å². The van der Waals surface area contributed by atoms with Gasteiger partial charge in [-0.15, -0.1) is 0 Å².